The maximum atomic E-state index is 5.78. The van der Waals surface area contributed by atoms with Crippen LogP contribution in [0.3, 0.4) is 0 Å². The minimum Gasteiger partial charge on any atom is -0.377 e. The van der Waals surface area contributed by atoms with E-state index in [1.807, 2.05) is 0 Å². The zero-order valence-corrected chi connectivity index (χ0v) is 10.7. The summed E-state index contributed by atoms with van der Waals surface area (Å²) in [6.07, 6.45) is 4.35. The molecule has 3 unspecified atom stereocenters. The van der Waals surface area contributed by atoms with Gasteiger partial charge >= 0.3 is 0 Å². The van der Waals surface area contributed by atoms with Gasteiger partial charge in [0, 0.05) is 25.7 Å². The average Bonchev–Trinajstić information content (AvgIpc) is 2.30. The summed E-state index contributed by atoms with van der Waals surface area (Å²) in [5, 5.41) is 3.53. The van der Waals surface area contributed by atoms with Crippen molar-refractivity contribution in [3.63, 3.8) is 0 Å². The second-order valence-electron chi connectivity index (χ2n) is 5.25. The molecule has 0 amide bonds. The topological polar surface area (TPSA) is 24.5 Å². The van der Waals surface area contributed by atoms with Crippen LogP contribution in [0.25, 0.3) is 0 Å². The van der Waals surface area contributed by atoms with Crippen LogP contribution in [0.4, 0.5) is 0 Å². The van der Waals surface area contributed by atoms with E-state index in [4.69, 9.17) is 4.74 Å². The first-order chi connectivity index (χ1) is 7.81. The van der Waals surface area contributed by atoms with Gasteiger partial charge in [0.15, 0.2) is 0 Å². The van der Waals surface area contributed by atoms with Gasteiger partial charge < -0.3 is 10.1 Å². The molecule has 3 nitrogen and oxygen atoms in total. The van der Waals surface area contributed by atoms with Crippen molar-refractivity contribution in [3.05, 3.63) is 0 Å². The van der Waals surface area contributed by atoms with Gasteiger partial charge in [0.1, 0.15) is 0 Å². The molecule has 0 saturated carbocycles. The third kappa shape index (κ3) is 2.96. The van der Waals surface area contributed by atoms with Crippen LogP contribution in [0.1, 0.15) is 33.1 Å². The molecule has 0 spiro atoms. The van der Waals surface area contributed by atoms with Crippen molar-refractivity contribution in [2.24, 2.45) is 5.92 Å². The molecule has 0 aromatic carbocycles. The molecule has 2 aliphatic rings. The fourth-order valence-electron chi connectivity index (χ4n) is 3.10. The fourth-order valence-corrected chi connectivity index (χ4v) is 3.10. The van der Waals surface area contributed by atoms with Crippen LogP contribution in [-0.2, 0) is 4.74 Å². The van der Waals surface area contributed by atoms with E-state index in [2.05, 4.69) is 24.1 Å². The number of nitrogens with one attached hydrogen (secondary N) is 1. The minimum absolute atomic E-state index is 0.480. The van der Waals surface area contributed by atoms with Gasteiger partial charge in [-0.2, -0.15) is 0 Å². The highest BCUT2D eigenvalue weighted by Crippen LogP contribution is 2.22. The highest BCUT2D eigenvalue weighted by Gasteiger charge is 2.30. The molecule has 2 saturated heterocycles. The number of rotatable bonds is 3. The number of hydrogen-bond donors (Lipinski definition) is 1. The van der Waals surface area contributed by atoms with Gasteiger partial charge in [-0.15, -0.1) is 0 Å². The first-order valence-corrected chi connectivity index (χ1v) is 6.87. The predicted octanol–water partition coefficient (Wildman–Crippen LogP) is 1.49. The van der Waals surface area contributed by atoms with Gasteiger partial charge in [0.05, 0.1) is 6.10 Å². The summed E-state index contributed by atoms with van der Waals surface area (Å²) >= 11 is 0. The van der Waals surface area contributed by atoms with Crippen LogP contribution < -0.4 is 5.32 Å². The van der Waals surface area contributed by atoms with Crippen molar-refractivity contribution in [3.8, 4) is 0 Å². The number of piperidine rings is 2. The highest BCUT2D eigenvalue weighted by atomic mass is 16.5. The van der Waals surface area contributed by atoms with E-state index < -0.39 is 0 Å². The minimum atomic E-state index is 0.480. The first kappa shape index (κ1) is 12.3. The maximum absolute atomic E-state index is 5.78. The Kier molecular flexibility index (Phi) is 4.62. The quantitative estimate of drug-likeness (QED) is 0.789. The SMILES string of the molecule is CCOC1CCCN(C2CNCCC2C)C1. The predicted molar refractivity (Wildman–Crippen MR) is 66.7 cm³/mol. The Morgan fingerprint density at radius 2 is 2.25 bits per heavy atom. The molecule has 2 rings (SSSR count). The molecule has 3 heteroatoms. The van der Waals surface area contributed by atoms with Crippen LogP contribution in [0.2, 0.25) is 0 Å². The lowest BCUT2D eigenvalue weighted by Crippen LogP contribution is -2.54. The summed E-state index contributed by atoms with van der Waals surface area (Å²) in [6, 6.07) is 0.733. The van der Waals surface area contributed by atoms with Gasteiger partial charge in [0.25, 0.3) is 0 Å². The summed E-state index contributed by atoms with van der Waals surface area (Å²) in [5.41, 5.74) is 0. The van der Waals surface area contributed by atoms with Crippen LogP contribution in [-0.4, -0.2) is 49.8 Å². The van der Waals surface area contributed by atoms with Gasteiger partial charge in [-0.05, 0) is 45.2 Å². The third-order valence-electron chi connectivity index (χ3n) is 4.07. The molecule has 0 bridgehead atoms. The van der Waals surface area contributed by atoms with E-state index in [0.29, 0.717) is 6.10 Å². The zero-order valence-electron chi connectivity index (χ0n) is 10.7. The van der Waals surface area contributed by atoms with Crippen molar-refractivity contribution in [2.75, 3.05) is 32.8 Å². The van der Waals surface area contributed by atoms with E-state index in [9.17, 15) is 0 Å². The molecule has 2 heterocycles. The van der Waals surface area contributed by atoms with Gasteiger partial charge in [0.2, 0.25) is 0 Å². The number of nitrogens with zero attached hydrogens (tertiary/aromatic N) is 1. The smallest absolute Gasteiger partial charge is 0.0702 e. The van der Waals surface area contributed by atoms with Crippen molar-refractivity contribution in [2.45, 2.75) is 45.3 Å². The monoisotopic (exact) mass is 226 g/mol. The van der Waals surface area contributed by atoms with Crippen molar-refractivity contribution < 1.29 is 4.74 Å². The summed E-state index contributed by atoms with van der Waals surface area (Å²) in [6.45, 7) is 10.1. The standard InChI is InChI=1S/C13H26N2O/c1-3-16-12-5-4-8-15(10-12)13-9-14-7-6-11(13)2/h11-14H,3-10H2,1-2H3. The van der Waals surface area contributed by atoms with Crippen molar-refractivity contribution >= 4 is 0 Å². The van der Waals surface area contributed by atoms with Gasteiger partial charge in [-0.25, -0.2) is 0 Å². The molecule has 94 valence electrons. The van der Waals surface area contributed by atoms with Gasteiger partial charge in [-0.3, -0.25) is 4.90 Å². The molecule has 0 radical (unpaired) electrons. The normalized spacial score (nSPS) is 37.5. The Labute approximate surface area is 99.5 Å². The lowest BCUT2D eigenvalue weighted by Gasteiger charge is -2.42. The van der Waals surface area contributed by atoms with Crippen molar-refractivity contribution in [1.29, 1.82) is 0 Å². The molecular formula is C13H26N2O. The molecule has 0 aliphatic carbocycles. The molecule has 2 aliphatic heterocycles. The Balaban J connectivity index is 1.87. The number of ether oxygens (including phenoxy) is 1. The Hall–Kier alpha value is -0.120. The van der Waals surface area contributed by atoms with E-state index in [1.54, 1.807) is 0 Å². The third-order valence-corrected chi connectivity index (χ3v) is 4.07. The molecule has 2 fully saturated rings. The Morgan fingerprint density at radius 1 is 1.38 bits per heavy atom. The number of likely N-dealkylation sites (tertiary alicyclic amines) is 1. The number of hydrogen-bond acceptors (Lipinski definition) is 3. The largest absolute Gasteiger partial charge is 0.377 e. The maximum Gasteiger partial charge on any atom is 0.0702 e. The van der Waals surface area contributed by atoms with E-state index in [-0.39, 0.29) is 0 Å². The molecule has 1 N–H and O–H groups in total. The molecular weight excluding hydrogens is 200 g/mol. The zero-order chi connectivity index (χ0) is 11.4. The lowest BCUT2D eigenvalue weighted by molar-refractivity contribution is -0.0184. The Bertz CT molecular complexity index is 208. The summed E-state index contributed by atoms with van der Waals surface area (Å²) < 4.78 is 5.78. The fraction of sp³-hybridized carbons (Fsp3) is 1.00. The summed E-state index contributed by atoms with van der Waals surface area (Å²) in [7, 11) is 0. The Morgan fingerprint density at radius 3 is 3.00 bits per heavy atom. The van der Waals surface area contributed by atoms with Crippen LogP contribution in [0.15, 0.2) is 0 Å². The van der Waals surface area contributed by atoms with E-state index in [0.717, 1.165) is 25.1 Å². The van der Waals surface area contributed by atoms with Crippen LogP contribution in [0.5, 0.6) is 0 Å². The second-order valence-corrected chi connectivity index (χ2v) is 5.25. The lowest BCUT2D eigenvalue weighted by atomic mass is 9.91. The molecule has 0 aromatic rings. The van der Waals surface area contributed by atoms with E-state index >= 15 is 0 Å². The van der Waals surface area contributed by atoms with Gasteiger partial charge in [-0.1, -0.05) is 6.92 Å². The molecule has 16 heavy (non-hydrogen) atoms. The van der Waals surface area contributed by atoms with Crippen molar-refractivity contribution in [1.82, 2.24) is 10.2 Å². The summed E-state index contributed by atoms with van der Waals surface area (Å²) in [5.74, 6) is 0.835. The summed E-state index contributed by atoms with van der Waals surface area (Å²) in [4.78, 5) is 2.65. The second kappa shape index (κ2) is 5.99. The van der Waals surface area contributed by atoms with Crippen LogP contribution >= 0.6 is 0 Å². The first-order valence-electron chi connectivity index (χ1n) is 6.87. The van der Waals surface area contributed by atoms with E-state index in [1.165, 1.54) is 38.9 Å². The molecule has 3 atom stereocenters. The van der Waals surface area contributed by atoms with Crippen LogP contribution in [0, 0.1) is 5.92 Å². The highest BCUT2D eigenvalue weighted by molar-refractivity contribution is 4.87. The average molecular weight is 226 g/mol. The molecule has 0 aromatic heterocycles.